The highest BCUT2D eigenvalue weighted by Gasteiger charge is 2.22. The zero-order valence-corrected chi connectivity index (χ0v) is 16.2. The van der Waals surface area contributed by atoms with Gasteiger partial charge in [-0.1, -0.05) is 30.3 Å². The molecule has 4 heterocycles. The minimum absolute atomic E-state index is 0.779. The van der Waals surface area contributed by atoms with Gasteiger partial charge in [-0.3, -0.25) is 0 Å². The lowest BCUT2D eigenvalue weighted by molar-refractivity contribution is 0.601. The van der Waals surface area contributed by atoms with E-state index in [0.29, 0.717) is 0 Å². The maximum Gasteiger partial charge on any atom is 0.157 e. The van der Waals surface area contributed by atoms with E-state index in [-0.39, 0.29) is 0 Å². The van der Waals surface area contributed by atoms with Crippen molar-refractivity contribution in [2.45, 2.75) is 33.2 Å². The van der Waals surface area contributed by atoms with Crippen molar-refractivity contribution in [3.05, 3.63) is 71.1 Å². The monoisotopic (exact) mass is 373 g/mol. The summed E-state index contributed by atoms with van der Waals surface area (Å²) in [5.74, 6) is 3.09. The number of nitrogens with zero attached hydrogens (tertiary/aromatic N) is 7. The normalized spacial score (nSPS) is 14.3. The molecular weight excluding hydrogens is 350 g/mol. The van der Waals surface area contributed by atoms with Crippen LogP contribution in [0.5, 0.6) is 0 Å². The molecule has 4 aromatic rings. The number of aryl methyl sites for hydroxylation is 1. The van der Waals surface area contributed by atoms with Crippen LogP contribution in [0.2, 0.25) is 0 Å². The van der Waals surface area contributed by atoms with Gasteiger partial charge in [-0.05, 0) is 19.4 Å². The van der Waals surface area contributed by atoms with Crippen LogP contribution in [-0.2, 0) is 19.4 Å². The molecule has 3 aromatic heterocycles. The van der Waals surface area contributed by atoms with Crippen molar-refractivity contribution < 1.29 is 0 Å². The van der Waals surface area contributed by atoms with Crippen molar-refractivity contribution >= 4 is 11.5 Å². The van der Waals surface area contributed by atoms with Gasteiger partial charge in [0.25, 0.3) is 0 Å². The van der Waals surface area contributed by atoms with Crippen molar-refractivity contribution in [1.82, 2.24) is 29.4 Å². The Hall–Kier alpha value is -3.22. The number of hydrogen-bond acceptors (Lipinski definition) is 5. The van der Waals surface area contributed by atoms with E-state index in [1.807, 2.05) is 22.8 Å². The van der Waals surface area contributed by atoms with E-state index >= 15 is 0 Å². The molecule has 0 saturated carbocycles. The SMILES string of the molecule is Cc1nc2ccnn2c(N2CCc3nc(Cc4ccccc4)nn3CC2)c1C. The van der Waals surface area contributed by atoms with Crippen molar-refractivity contribution in [1.29, 1.82) is 0 Å². The quantitative estimate of drug-likeness (QED) is 0.552. The predicted octanol–water partition coefficient (Wildman–Crippen LogP) is 2.59. The van der Waals surface area contributed by atoms with E-state index in [9.17, 15) is 0 Å². The van der Waals surface area contributed by atoms with Crippen LogP contribution in [0.1, 0.15) is 28.5 Å². The highest BCUT2D eigenvalue weighted by atomic mass is 15.4. The summed E-state index contributed by atoms with van der Waals surface area (Å²) in [6.45, 7) is 6.77. The molecule has 0 aliphatic carbocycles. The molecule has 0 amide bonds. The van der Waals surface area contributed by atoms with Crippen LogP contribution in [0, 0.1) is 13.8 Å². The maximum absolute atomic E-state index is 4.82. The topological polar surface area (TPSA) is 64.1 Å². The fourth-order valence-electron chi connectivity index (χ4n) is 3.91. The Balaban J connectivity index is 1.40. The average molecular weight is 373 g/mol. The summed E-state index contributed by atoms with van der Waals surface area (Å²) in [7, 11) is 0. The molecule has 28 heavy (non-hydrogen) atoms. The van der Waals surface area contributed by atoms with Gasteiger partial charge in [-0.25, -0.2) is 14.6 Å². The lowest BCUT2D eigenvalue weighted by Gasteiger charge is -2.25. The van der Waals surface area contributed by atoms with Crippen molar-refractivity contribution in [2.75, 3.05) is 18.0 Å². The fraction of sp³-hybridized carbons (Fsp3) is 0.333. The summed E-state index contributed by atoms with van der Waals surface area (Å²) in [6, 6.07) is 12.4. The molecule has 1 aliphatic heterocycles. The van der Waals surface area contributed by atoms with Crippen molar-refractivity contribution in [3.63, 3.8) is 0 Å². The second-order valence-corrected chi connectivity index (χ2v) is 7.31. The summed E-state index contributed by atoms with van der Waals surface area (Å²) in [5, 5.41) is 9.27. The lowest BCUT2D eigenvalue weighted by atomic mass is 10.1. The van der Waals surface area contributed by atoms with Gasteiger partial charge >= 0.3 is 0 Å². The molecule has 0 atom stereocenters. The molecule has 0 fully saturated rings. The number of fused-ring (bicyclic) bond motifs is 2. The second kappa shape index (κ2) is 6.74. The van der Waals surface area contributed by atoms with Crippen LogP contribution >= 0.6 is 0 Å². The molecular formula is C21H23N7. The van der Waals surface area contributed by atoms with Crippen LogP contribution in [0.3, 0.4) is 0 Å². The van der Waals surface area contributed by atoms with Crippen LogP contribution in [0.15, 0.2) is 42.6 Å². The van der Waals surface area contributed by atoms with Gasteiger partial charge in [0.05, 0.1) is 12.7 Å². The third kappa shape index (κ3) is 2.93. The number of rotatable bonds is 3. The summed E-state index contributed by atoms with van der Waals surface area (Å²) in [6.07, 6.45) is 3.46. The minimum atomic E-state index is 0.779. The Kier molecular flexibility index (Phi) is 4.07. The van der Waals surface area contributed by atoms with Crippen LogP contribution < -0.4 is 4.90 Å². The smallest absolute Gasteiger partial charge is 0.157 e. The third-order valence-corrected chi connectivity index (χ3v) is 5.47. The Morgan fingerprint density at radius 3 is 2.68 bits per heavy atom. The van der Waals surface area contributed by atoms with E-state index in [4.69, 9.17) is 10.1 Å². The summed E-state index contributed by atoms with van der Waals surface area (Å²) < 4.78 is 4.02. The average Bonchev–Trinajstić information content (AvgIpc) is 3.26. The maximum atomic E-state index is 4.82. The molecule has 142 valence electrons. The first-order chi connectivity index (χ1) is 13.7. The minimum Gasteiger partial charge on any atom is -0.354 e. The van der Waals surface area contributed by atoms with Gasteiger partial charge in [-0.15, -0.1) is 0 Å². The number of hydrogen-bond donors (Lipinski definition) is 0. The van der Waals surface area contributed by atoms with Gasteiger partial charge < -0.3 is 4.90 Å². The van der Waals surface area contributed by atoms with Gasteiger partial charge in [0.1, 0.15) is 11.6 Å². The molecule has 5 rings (SSSR count). The third-order valence-electron chi connectivity index (χ3n) is 5.47. The molecule has 0 bridgehead atoms. The van der Waals surface area contributed by atoms with E-state index < -0.39 is 0 Å². The first kappa shape index (κ1) is 16.9. The molecule has 7 heteroatoms. The standard InChI is InChI=1S/C21H23N7/c1-15-16(2)23-20-8-10-22-28(20)21(15)26-11-9-19-24-18(25-27(19)13-12-26)14-17-6-4-3-5-7-17/h3-8,10H,9,11-14H2,1-2H3. The van der Waals surface area contributed by atoms with E-state index in [1.165, 1.54) is 11.1 Å². The summed E-state index contributed by atoms with van der Waals surface area (Å²) >= 11 is 0. The van der Waals surface area contributed by atoms with Gasteiger partial charge in [0.2, 0.25) is 0 Å². The number of benzene rings is 1. The molecule has 0 radical (unpaired) electrons. The second-order valence-electron chi connectivity index (χ2n) is 7.31. The van der Waals surface area contributed by atoms with Gasteiger partial charge in [0, 0.05) is 43.3 Å². The number of anilines is 1. The molecule has 0 unspecified atom stereocenters. The summed E-state index contributed by atoms with van der Waals surface area (Å²) in [5.41, 5.74) is 4.36. The van der Waals surface area contributed by atoms with E-state index in [0.717, 1.165) is 61.3 Å². The number of aromatic nitrogens is 6. The molecule has 1 aromatic carbocycles. The van der Waals surface area contributed by atoms with E-state index in [2.05, 4.69) is 57.8 Å². The molecule has 7 nitrogen and oxygen atoms in total. The summed E-state index contributed by atoms with van der Waals surface area (Å²) in [4.78, 5) is 11.8. The van der Waals surface area contributed by atoms with Crippen LogP contribution in [0.25, 0.3) is 5.65 Å². The Labute approximate surface area is 163 Å². The van der Waals surface area contributed by atoms with Crippen molar-refractivity contribution in [2.24, 2.45) is 0 Å². The zero-order chi connectivity index (χ0) is 19.1. The van der Waals surface area contributed by atoms with Crippen LogP contribution in [0.4, 0.5) is 5.82 Å². The Morgan fingerprint density at radius 1 is 0.964 bits per heavy atom. The molecule has 1 aliphatic rings. The first-order valence-electron chi connectivity index (χ1n) is 9.71. The van der Waals surface area contributed by atoms with E-state index in [1.54, 1.807) is 0 Å². The lowest BCUT2D eigenvalue weighted by Crippen LogP contribution is -2.30. The first-order valence-corrected chi connectivity index (χ1v) is 9.71. The Morgan fingerprint density at radius 2 is 1.82 bits per heavy atom. The molecule has 0 spiro atoms. The zero-order valence-electron chi connectivity index (χ0n) is 16.2. The fourth-order valence-corrected chi connectivity index (χ4v) is 3.91. The van der Waals surface area contributed by atoms with Gasteiger partial charge in [0.15, 0.2) is 11.5 Å². The Bertz CT molecular complexity index is 1100. The van der Waals surface area contributed by atoms with Gasteiger partial charge in [-0.2, -0.15) is 14.7 Å². The largest absolute Gasteiger partial charge is 0.354 e. The highest BCUT2D eigenvalue weighted by Crippen LogP contribution is 2.24. The molecule has 0 N–H and O–H groups in total. The molecule has 0 saturated heterocycles. The van der Waals surface area contributed by atoms with Crippen molar-refractivity contribution in [3.8, 4) is 0 Å². The highest BCUT2D eigenvalue weighted by molar-refractivity contribution is 5.56. The predicted molar refractivity (Wildman–Crippen MR) is 108 cm³/mol. The van der Waals surface area contributed by atoms with Crippen LogP contribution in [-0.4, -0.2) is 42.5 Å².